The summed E-state index contributed by atoms with van der Waals surface area (Å²) in [4.78, 5) is 0. The summed E-state index contributed by atoms with van der Waals surface area (Å²) in [6, 6.07) is 2.76. The van der Waals surface area contributed by atoms with Crippen LogP contribution in [0.5, 0.6) is 0 Å². The van der Waals surface area contributed by atoms with E-state index >= 15 is 0 Å². The highest BCUT2D eigenvalue weighted by molar-refractivity contribution is 5.85. The molecule has 15 heavy (non-hydrogen) atoms. The van der Waals surface area contributed by atoms with Gasteiger partial charge in [0.05, 0.1) is 6.20 Å². The molecule has 1 aliphatic rings. The summed E-state index contributed by atoms with van der Waals surface area (Å²) in [5.41, 5.74) is 0. The fourth-order valence-corrected chi connectivity index (χ4v) is 2.12. The Kier molecular flexibility index (Phi) is 4.95. The monoisotopic (exact) mass is 229 g/mol. The Balaban J connectivity index is 0.00000112. The molecule has 1 saturated carbocycles. The van der Waals surface area contributed by atoms with Crippen molar-refractivity contribution in [2.75, 3.05) is 5.32 Å². The lowest BCUT2D eigenvalue weighted by molar-refractivity contribution is 0.599. The second-order valence-corrected chi connectivity index (χ2v) is 4.07. The van der Waals surface area contributed by atoms with Crippen molar-refractivity contribution in [3.8, 4) is 0 Å². The quantitative estimate of drug-likeness (QED) is 0.860. The molecule has 0 bridgehead atoms. The van der Waals surface area contributed by atoms with Crippen molar-refractivity contribution in [3.05, 3.63) is 12.3 Å². The lowest BCUT2D eigenvalue weighted by Gasteiger charge is -2.14. The normalized spacial score (nSPS) is 16.3. The average molecular weight is 230 g/mol. The Morgan fingerprint density at radius 3 is 2.87 bits per heavy atom. The number of halogens is 1. The van der Waals surface area contributed by atoms with Crippen molar-refractivity contribution >= 4 is 18.2 Å². The third-order valence-electron chi connectivity index (χ3n) is 2.86. The number of nitrogens with one attached hydrogen (secondary N) is 1. The van der Waals surface area contributed by atoms with Crippen LogP contribution in [-0.2, 0) is 6.54 Å². The number of hydrogen-bond donors (Lipinski definition) is 1. The number of hydrogen-bond acceptors (Lipinski definition) is 2. The maximum Gasteiger partial charge on any atom is 0.124 e. The first-order valence-corrected chi connectivity index (χ1v) is 5.68. The fraction of sp³-hybridized carbons (Fsp3) is 0.727. The van der Waals surface area contributed by atoms with Crippen LogP contribution in [0, 0.1) is 0 Å². The number of aryl methyl sites for hydroxylation is 1. The SMILES string of the molecule is CCCn1nccc1NC1CCCC1.Cl. The smallest absolute Gasteiger partial charge is 0.124 e. The van der Waals surface area contributed by atoms with Crippen molar-refractivity contribution in [1.82, 2.24) is 9.78 Å². The van der Waals surface area contributed by atoms with Crippen LogP contribution in [0.4, 0.5) is 5.82 Å². The van der Waals surface area contributed by atoms with E-state index in [1.54, 1.807) is 0 Å². The molecule has 1 fully saturated rings. The maximum absolute atomic E-state index is 4.30. The predicted octanol–water partition coefficient (Wildman–Crippen LogP) is 3.07. The van der Waals surface area contributed by atoms with Crippen LogP contribution < -0.4 is 5.32 Å². The van der Waals surface area contributed by atoms with Gasteiger partial charge in [-0.3, -0.25) is 0 Å². The summed E-state index contributed by atoms with van der Waals surface area (Å²) in [6.07, 6.45) is 8.40. The molecule has 2 rings (SSSR count). The summed E-state index contributed by atoms with van der Waals surface area (Å²) in [5, 5.41) is 7.88. The maximum atomic E-state index is 4.30. The number of rotatable bonds is 4. The van der Waals surface area contributed by atoms with E-state index in [9.17, 15) is 0 Å². The van der Waals surface area contributed by atoms with Crippen LogP contribution >= 0.6 is 12.4 Å². The first kappa shape index (κ1) is 12.4. The molecule has 1 aromatic heterocycles. The molecular weight excluding hydrogens is 210 g/mol. The molecular formula is C11H20ClN3. The van der Waals surface area contributed by atoms with Crippen molar-refractivity contribution in [3.63, 3.8) is 0 Å². The van der Waals surface area contributed by atoms with Gasteiger partial charge in [-0.05, 0) is 19.3 Å². The van der Waals surface area contributed by atoms with Gasteiger partial charge in [0.1, 0.15) is 5.82 Å². The number of anilines is 1. The van der Waals surface area contributed by atoms with E-state index in [0.29, 0.717) is 6.04 Å². The van der Waals surface area contributed by atoms with Crippen LogP contribution in [0.3, 0.4) is 0 Å². The van der Waals surface area contributed by atoms with Gasteiger partial charge in [-0.1, -0.05) is 19.8 Å². The third kappa shape index (κ3) is 3.13. The van der Waals surface area contributed by atoms with Gasteiger partial charge in [-0.2, -0.15) is 5.10 Å². The molecule has 0 amide bonds. The van der Waals surface area contributed by atoms with Gasteiger partial charge < -0.3 is 5.32 Å². The van der Waals surface area contributed by atoms with Crippen LogP contribution in [-0.4, -0.2) is 15.8 Å². The van der Waals surface area contributed by atoms with E-state index in [0.717, 1.165) is 13.0 Å². The minimum Gasteiger partial charge on any atom is -0.368 e. The predicted molar refractivity (Wildman–Crippen MR) is 65.6 cm³/mol. The van der Waals surface area contributed by atoms with E-state index in [1.165, 1.54) is 31.5 Å². The molecule has 4 heteroatoms. The summed E-state index contributed by atoms with van der Waals surface area (Å²) < 4.78 is 2.07. The van der Waals surface area contributed by atoms with E-state index in [-0.39, 0.29) is 12.4 Å². The fourth-order valence-electron chi connectivity index (χ4n) is 2.12. The molecule has 86 valence electrons. The van der Waals surface area contributed by atoms with Crippen LogP contribution in [0.2, 0.25) is 0 Å². The molecule has 0 radical (unpaired) electrons. The van der Waals surface area contributed by atoms with E-state index in [4.69, 9.17) is 0 Å². The van der Waals surface area contributed by atoms with Gasteiger partial charge >= 0.3 is 0 Å². The Labute approximate surface area is 97.7 Å². The zero-order chi connectivity index (χ0) is 9.80. The molecule has 0 aromatic carbocycles. The van der Waals surface area contributed by atoms with Crippen LogP contribution in [0.1, 0.15) is 39.0 Å². The lowest BCUT2D eigenvalue weighted by Crippen LogP contribution is -2.17. The first-order valence-electron chi connectivity index (χ1n) is 5.68. The zero-order valence-corrected chi connectivity index (χ0v) is 10.1. The van der Waals surface area contributed by atoms with E-state index in [1.807, 2.05) is 6.20 Å². The zero-order valence-electron chi connectivity index (χ0n) is 9.28. The van der Waals surface area contributed by atoms with Crippen LogP contribution in [0.25, 0.3) is 0 Å². The molecule has 0 atom stereocenters. The molecule has 1 aromatic rings. The summed E-state index contributed by atoms with van der Waals surface area (Å²) >= 11 is 0. The first-order chi connectivity index (χ1) is 6.90. The molecule has 1 heterocycles. The molecule has 0 spiro atoms. The van der Waals surface area contributed by atoms with Crippen molar-refractivity contribution in [2.45, 2.75) is 51.6 Å². The summed E-state index contributed by atoms with van der Waals surface area (Å²) in [5.74, 6) is 1.19. The van der Waals surface area contributed by atoms with Gasteiger partial charge in [0.25, 0.3) is 0 Å². The molecule has 3 nitrogen and oxygen atoms in total. The molecule has 1 N–H and O–H groups in total. The minimum atomic E-state index is 0. The average Bonchev–Trinajstić information content (AvgIpc) is 2.80. The number of nitrogens with zero attached hydrogens (tertiary/aromatic N) is 2. The summed E-state index contributed by atoms with van der Waals surface area (Å²) in [6.45, 7) is 3.20. The Hall–Kier alpha value is -0.700. The molecule has 0 aliphatic heterocycles. The highest BCUT2D eigenvalue weighted by atomic mass is 35.5. The van der Waals surface area contributed by atoms with Crippen molar-refractivity contribution in [2.24, 2.45) is 0 Å². The second kappa shape index (κ2) is 6.01. The van der Waals surface area contributed by atoms with Gasteiger partial charge in [-0.15, -0.1) is 12.4 Å². The Morgan fingerprint density at radius 2 is 2.20 bits per heavy atom. The van der Waals surface area contributed by atoms with Gasteiger partial charge in [0.15, 0.2) is 0 Å². The van der Waals surface area contributed by atoms with Crippen LogP contribution in [0.15, 0.2) is 12.3 Å². The Morgan fingerprint density at radius 1 is 1.47 bits per heavy atom. The largest absolute Gasteiger partial charge is 0.368 e. The van der Waals surface area contributed by atoms with E-state index in [2.05, 4.69) is 28.1 Å². The third-order valence-corrected chi connectivity index (χ3v) is 2.86. The molecule has 1 aliphatic carbocycles. The molecule has 0 unspecified atom stereocenters. The summed E-state index contributed by atoms with van der Waals surface area (Å²) in [7, 11) is 0. The van der Waals surface area contributed by atoms with Gasteiger partial charge in [-0.25, -0.2) is 4.68 Å². The Bertz CT molecular complexity index is 279. The van der Waals surface area contributed by atoms with Crippen molar-refractivity contribution in [1.29, 1.82) is 0 Å². The minimum absolute atomic E-state index is 0. The number of aromatic nitrogens is 2. The molecule has 0 saturated heterocycles. The van der Waals surface area contributed by atoms with Crippen molar-refractivity contribution < 1.29 is 0 Å². The standard InChI is InChI=1S/C11H19N3.ClH/c1-2-9-14-11(7-8-12-14)13-10-5-3-4-6-10;/h7-8,10,13H,2-6,9H2,1H3;1H. The second-order valence-electron chi connectivity index (χ2n) is 4.07. The van der Waals surface area contributed by atoms with Gasteiger partial charge in [0, 0.05) is 18.7 Å². The highest BCUT2D eigenvalue weighted by Gasteiger charge is 2.15. The topological polar surface area (TPSA) is 29.9 Å². The lowest BCUT2D eigenvalue weighted by atomic mass is 10.2. The van der Waals surface area contributed by atoms with Gasteiger partial charge in [0.2, 0.25) is 0 Å². The van der Waals surface area contributed by atoms with E-state index < -0.39 is 0 Å². The highest BCUT2D eigenvalue weighted by Crippen LogP contribution is 2.22.